The molecule has 0 spiro atoms. The standard InChI is InChI=1S/C21H17N5O2/c1-15-7-10-17(11-8-15)26-20-18(13-23-26)21(28)25(14-22-20)24-19(27)12-9-16-5-3-2-4-6-16/h2-14H,1H3,(H,24,27). The lowest BCUT2D eigenvalue weighted by molar-refractivity contribution is -0.112. The van der Waals surface area contributed by atoms with Crippen LogP contribution >= 0.6 is 0 Å². The quantitative estimate of drug-likeness (QED) is 0.559. The Hall–Kier alpha value is -4.00. The van der Waals surface area contributed by atoms with Crippen LogP contribution in [-0.4, -0.2) is 25.3 Å². The van der Waals surface area contributed by atoms with Crippen molar-refractivity contribution in [3.63, 3.8) is 0 Å². The van der Waals surface area contributed by atoms with Gasteiger partial charge in [0.2, 0.25) is 0 Å². The summed E-state index contributed by atoms with van der Waals surface area (Å²) >= 11 is 0. The van der Waals surface area contributed by atoms with Gasteiger partial charge in [-0.15, -0.1) is 0 Å². The van der Waals surface area contributed by atoms with Crippen LogP contribution < -0.4 is 11.0 Å². The molecular formula is C21H17N5O2. The van der Waals surface area contributed by atoms with Gasteiger partial charge >= 0.3 is 0 Å². The van der Waals surface area contributed by atoms with Crippen LogP contribution in [0.25, 0.3) is 22.8 Å². The van der Waals surface area contributed by atoms with Crippen molar-refractivity contribution in [1.82, 2.24) is 19.4 Å². The Kier molecular flexibility index (Phi) is 4.55. The SMILES string of the molecule is Cc1ccc(-n2ncc3c(=O)n(NC(=O)C=Cc4ccccc4)cnc32)cc1. The predicted octanol–water partition coefficient (Wildman–Crippen LogP) is 2.67. The van der Waals surface area contributed by atoms with E-state index >= 15 is 0 Å². The number of carbonyl (C=O) groups excluding carboxylic acids is 1. The van der Waals surface area contributed by atoms with Crippen LogP contribution in [0.1, 0.15) is 11.1 Å². The van der Waals surface area contributed by atoms with Crippen molar-refractivity contribution in [2.75, 3.05) is 5.43 Å². The Morgan fingerprint density at radius 3 is 2.57 bits per heavy atom. The van der Waals surface area contributed by atoms with Crippen LogP contribution in [-0.2, 0) is 4.79 Å². The van der Waals surface area contributed by atoms with E-state index in [1.54, 1.807) is 10.8 Å². The van der Waals surface area contributed by atoms with Crippen molar-refractivity contribution in [2.24, 2.45) is 0 Å². The summed E-state index contributed by atoms with van der Waals surface area (Å²) in [6.07, 6.45) is 5.77. The molecule has 2 heterocycles. The van der Waals surface area contributed by atoms with E-state index in [0.29, 0.717) is 11.0 Å². The third-order valence-electron chi connectivity index (χ3n) is 4.22. The van der Waals surface area contributed by atoms with Gasteiger partial charge in [-0.3, -0.25) is 15.0 Å². The van der Waals surface area contributed by atoms with Gasteiger partial charge in [0.25, 0.3) is 11.5 Å². The maximum atomic E-state index is 12.7. The summed E-state index contributed by atoms with van der Waals surface area (Å²) in [7, 11) is 0. The van der Waals surface area contributed by atoms with E-state index in [2.05, 4.69) is 15.5 Å². The molecule has 0 atom stereocenters. The Labute approximate surface area is 160 Å². The second kappa shape index (κ2) is 7.32. The van der Waals surface area contributed by atoms with Gasteiger partial charge < -0.3 is 0 Å². The molecule has 0 aliphatic rings. The number of nitrogens with one attached hydrogen (secondary N) is 1. The first-order chi connectivity index (χ1) is 13.6. The molecule has 0 bridgehead atoms. The zero-order chi connectivity index (χ0) is 19.5. The highest BCUT2D eigenvalue weighted by Crippen LogP contribution is 2.14. The second-order valence-electron chi connectivity index (χ2n) is 6.27. The minimum absolute atomic E-state index is 0.315. The molecule has 0 radical (unpaired) electrons. The molecule has 0 saturated heterocycles. The van der Waals surface area contributed by atoms with Gasteiger partial charge in [0.1, 0.15) is 11.7 Å². The van der Waals surface area contributed by atoms with Crippen LogP contribution in [0.5, 0.6) is 0 Å². The lowest BCUT2D eigenvalue weighted by Crippen LogP contribution is -2.32. The summed E-state index contributed by atoms with van der Waals surface area (Å²) in [5.74, 6) is -0.432. The fraction of sp³-hybridized carbons (Fsp3) is 0.0476. The Morgan fingerprint density at radius 1 is 1.07 bits per heavy atom. The van der Waals surface area contributed by atoms with Crippen LogP contribution in [0.4, 0.5) is 0 Å². The highest BCUT2D eigenvalue weighted by molar-refractivity contribution is 5.97. The lowest BCUT2D eigenvalue weighted by atomic mass is 10.2. The molecule has 7 heteroatoms. The minimum atomic E-state index is -0.432. The molecule has 0 fully saturated rings. The van der Waals surface area contributed by atoms with Crippen LogP contribution in [0.2, 0.25) is 0 Å². The maximum absolute atomic E-state index is 12.7. The number of fused-ring (bicyclic) bond motifs is 1. The number of rotatable bonds is 4. The molecule has 0 unspecified atom stereocenters. The van der Waals surface area contributed by atoms with E-state index in [4.69, 9.17) is 0 Å². The summed E-state index contributed by atoms with van der Waals surface area (Å²) in [6.45, 7) is 2.00. The Balaban J connectivity index is 1.60. The van der Waals surface area contributed by atoms with E-state index in [9.17, 15) is 9.59 Å². The van der Waals surface area contributed by atoms with Crippen LogP contribution in [0.3, 0.4) is 0 Å². The van der Waals surface area contributed by atoms with Crippen molar-refractivity contribution in [1.29, 1.82) is 0 Å². The number of aromatic nitrogens is 4. The zero-order valence-corrected chi connectivity index (χ0v) is 15.1. The third-order valence-corrected chi connectivity index (χ3v) is 4.22. The van der Waals surface area contributed by atoms with E-state index in [0.717, 1.165) is 21.5 Å². The van der Waals surface area contributed by atoms with E-state index in [-0.39, 0.29) is 0 Å². The zero-order valence-electron chi connectivity index (χ0n) is 15.1. The molecule has 2 aromatic heterocycles. The molecule has 138 valence electrons. The first-order valence-electron chi connectivity index (χ1n) is 8.68. The van der Waals surface area contributed by atoms with Gasteiger partial charge in [0.05, 0.1) is 11.9 Å². The molecule has 0 aliphatic carbocycles. The lowest BCUT2D eigenvalue weighted by Gasteiger charge is -2.06. The smallest absolute Gasteiger partial charge is 0.268 e. The first kappa shape index (κ1) is 17.4. The average Bonchev–Trinajstić information content (AvgIpc) is 3.15. The van der Waals surface area contributed by atoms with Crippen molar-refractivity contribution < 1.29 is 4.79 Å². The fourth-order valence-corrected chi connectivity index (χ4v) is 2.76. The number of hydrogen-bond acceptors (Lipinski definition) is 4. The topological polar surface area (TPSA) is 81.8 Å². The molecule has 28 heavy (non-hydrogen) atoms. The predicted molar refractivity (Wildman–Crippen MR) is 108 cm³/mol. The largest absolute Gasteiger partial charge is 0.283 e. The summed E-state index contributed by atoms with van der Waals surface area (Å²) in [5.41, 5.74) is 5.36. The maximum Gasteiger partial charge on any atom is 0.283 e. The van der Waals surface area contributed by atoms with Crippen LogP contribution in [0.15, 0.2) is 78.0 Å². The normalized spacial score (nSPS) is 11.2. The van der Waals surface area contributed by atoms with Gasteiger partial charge in [-0.05, 0) is 30.7 Å². The molecule has 7 nitrogen and oxygen atoms in total. The fourth-order valence-electron chi connectivity index (χ4n) is 2.76. The molecule has 0 saturated carbocycles. The number of carbonyl (C=O) groups is 1. The monoisotopic (exact) mass is 371 g/mol. The van der Waals surface area contributed by atoms with Crippen molar-refractivity contribution in [3.8, 4) is 5.69 Å². The van der Waals surface area contributed by atoms with Crippen molar-refractivity contribution in [3.05, 3.63) is 94.7 Å². The highest BCUT2D eigenvalue weighted by atomic mass is 16.2. The first-order valence-corrected chi connectivity index (χ1v) is 8.68. The van der Waals surface area contributed by atoms with Crippen molar-refractivity contribution in [2.45, 2.75) is 6.92 Å². The van der Waals surface area contributed by atoms with Gasteiger partial charge in [0.15, 0.2) is 5.65 Å². The molecule has 1 N–H and O–H groups in total. The number of aryl methyl sites for hydroxylation is 1. The third kappa shape index (κ3) is 3.45. The van der Waals surface area contributed by atoms with E-state index < -0.39 is 11.5 Å². The number of benzene rings is 2. The molecule has 0 aliphatic heterocycles. The highest BCUT2D eigenvalue weighted by Gasteiger charge is 2.12. The Bertz CT molecular complexity index is 1220. The molecule has 4 rings (SSSR count). The number of amides is 1. The molecular weight excluding hydrogens is 354 g/mol. The summed E-state index contributed by atoms with van der Waals surface area (Å²) < 4.78 is 2.65. The van der Waals surface area contributed by atoms with Crippen molar-refractivity contribution >= 4 is 23.0 Å². The molecule has 4 aromatic rings. The Morgan fingerprint density at radius 2 is 1.82 bits per heavy atom. The minimum Gasteiger partial charge on any atom is -0.268 e. The summed E-state index contributed by atoms with van der Waals surface area (Å²) in [6, 6.07) is 17.2. The second-order valence-corrected chi connectivity index (χ2v) is 6.27. The average molecular weight is 371 g/mol. The van der Waals surface area contributed by atoms with Gasteiger partial charge in [-0.25, -0.2) is 14.3 Å². The molecule has 1 amide bonds. The number of hydrogen-bond donors (Lipinski definition) is 1. The van der Waals surface area contributed by atoms with E-state index in [1.165, 1.54) is 18.6 Å². The van der Waals surface area contributed by atoms with Gasteiger partial charge in [-0.2, -0.15) is 5.10 Å². The summed E-state index contributed by atoms with van der Waals surface area (Å²) in [5, 5.41) is 4.58. The number of nitrogens with zero attached hydrogens (tertiary/aromatic N) is 4. The molecule has 2 aromatic carbocycles. The summed E-state index contributed by atoms with van der Waals surface area (Å²) in [4.78, 5) is 29.1. The van der Waals surface area contributed by atoms with Gasteiger partial charge in [0, 0.05) is 6.08 Å². The van der Waals surface area contributed by atoms with Gasteiger partial charge in [-0.1, -0.05) is 48.0 Å². The van der Waals surface area contributed by atoms with E-state index in [1.807, 2.05) is 61.5 Å². The van der Waals surface area contributed by atoms with Crippen LogP contribution in [0, 0.1) is 6.92 Å².